The second kappa shape index (κ2) is 6.81. The maximum Gasteiger partial charge on any atom is 0.126 e. The van der Waals surface area contributed by atoms with Crippen LogP contribution in [0.15, 0.2) is 18.3 Å². The number of rotatable bonds is 6. The molecule has 0 aliphatic rings. The van der Waals surface area contributed by atoms with Crippen molar-refractivity contribution in [3.05, 3.63) is 23.9 Å². The molecule has 0 amide bonds. The summed E-state index contributed by atoms with van der Waals surface area (Å²) in [5.74, 6) is 1.33. The van der Waals surface area contributed by atoms with Gasteiger partial charge in [0.25, 0.3) is 0 Å². The molecule has 0 aliphatic carbocycles. The molecule has 0 fully saturated rings. The number of nitriles is 1. The average Bonchev–Trinajstić information content (AvgIpc) is 2.29. The van der Waals surface area contributed by atoms with Gasteiger partial charge in [0.05, 0.1) is 12.2 Å². The largest absolute Gasteiger partial charge is 0.379 e. The Kier molecular flexibility index (Phi) is 5.30. The van der Waals surface area contributed by atoms with Crippen molar-refractivity contribution < 1.29 is 4.74 Å². The van der Waals surface area contributed by atoms with Crippen LogP contribution < -0.4 is 5.32 Å². The van der Waals surface area contributed by atoms with Gasteiger partial charge in [0.15, 0.2) is 0 Å². The number of nitrogens with one attached hydrogen (secondary N) is 1. The summed E-state index contributed by atoms with van der Waals surface area (Å²) in [6.45, 7) is 6.42. The van der Waals surface area contributed by atoms with Gasteiger partial charge in [0.1, 0.15) is 11.9 Å². The summed E-state index contributed by atoms with van der Waals surface area (Å²) in [4.78, 5) is 4.09. The van der Waals surface area contributed by atoms with Gasteiger partial charge in [0, 0.05) is 19.3 Å². The summed E-state index contributed by atoms with van der Waals surface area (Å²) in [6, 6.07) is 5.56. The van der Waals surface area contributed by atoms with Crippen molar-refractivity contribution in [2.24, 2.45) is 5.92 Å². The molecule has 0 bridgehead atoms. The van der Waals surface area contributed by atoms with Crippen LogP contribution in [-0.2, 0) is 4.74 Å². The molecule has 1 aromatic rings. The van der Waals surface area contributed by atoms with Crippen LogP contribution in [0.2, 0.25) is 0 Å². The molecular weight excluding hydrogens is 202 g/mol. The minimum atomic E-state index is 0.563. The summed E-state index contributed by atoms with van der Waals surface area (Å²) in [5, 5.41) is 11.7. The third kappa shape index (κ3) is 4.76. The van der Waals surface area contributed by atoms with Crippen molar-refractivity contribution >= 4 is 5.82 Å². The van der Waals surface area contributed by atoms with E-state index in [1.165, 1.54) is 0 Å². The van der Waals surface area contributed by atoms with Crippen LogP contribution in [0.3, 0.4) is 0 Å². The molecule has 16 heavy (non-hydrogen) atoms. The standard InChI is InChI=1S/C12H17N3O/c1-10(2)9-16-6-5-14-12-4-3-11(7-13)8-15-12/h3-4,8,10H,5-6,9H2,1-2H3,(H,14,15). The van der Waals surface area contributed by atoms with Crippen LogP contribution in [-0.4, -0.2) is 24.7 Å². The number of nitrogens with zero attached hydrogens (tertiary/aromatic N) is 2. The highest BCUT2D eigenvalue weighted by Gasteiger charge is 1.96. The molecule has 1 aromatic heterocycles. The van der Waals surface area contributed by atoms with Gasteiger partial charge in [-0.2, -0.15) is 5.26 Å². The van der Waals surface area contributed by atoms with E-state index in [2.05, 4.69) is 24.1 Å². The first kappa shape index (κ1) is 12.5. The van der Waals surface area contributed by atoms with Crippen molar-refractivity contribution in [2.75, 3.05) is 25.1 Å². The van der Waals surface area contributed by atoms with Gasteiger partial charge in [-0.1, -0.05) is 13.8 Å². The van der Waals surface area contributed by atoms with E-state index in [9.17, 15) is 0 Å². The Morgan fingerprint density at radius 3 is 2.88 bits per heavy atom. The number of anilines is 1. The third-order valence-electron chi connectivity index (χ3n) is 1.90. The molecule has 0 atom stereocenters. The second-order valence-electron chi connectivity index (χ2n) is 3.94. The monoisotopic (exact) mass is 219 g/mol. The SMILES string of the molecule is CC(C)COCCNc1ccc(C#N)cn1. The van der Waals surface area contributed by atoms with E-state index in [0.29, 0.717) is 18.1 Å². The van der Waals surface area contributed by atoms with Crippen LogP contribution in [0.5, 0.6) is 0 Å². The predicted octanol–water partition coefficient (Wildman–Crippen LogP) is 2.04. The fraction of sp³-hybridized carbons (Fsp3) is 0.500. The lowest BCUT2D eigenvalue weighted by Gasteiger charge is -2.08. The van der Waals surface area contributed by atoms with Gasteiger partial charge in [-0.25, -0.2) is 4.98 Å². The molecule has 86 valence electrons. The molecule has 4 nitrogen and oxygen atoms in total. The van der Waals surface area contributed by atoms with E-state index in [1.54, 1.807) is 18.3 Å². The molecular formula is C12H17N3O. The lowest BCUT2D eigenvalue weighted by atomic mass is 10.2. The molecule has 0 unspecified atom stereocenters. The first-order valence-corrected chi connectivity index (χ1v) is 5.40. The zero-order valence-electron chi connectivity index (χ0n) is 9.73. The molecule has 0 spiro atoms. The highest BCUT2D eigenvalue weighted by atomic mass is 16.5. The number of aromatic nitrogens is 1. The lowest BCUT2D eigenvalue weighted by Crippen LogP contribution is -2.12. The topological polar surface area (TPSA) is 57.9 Å². The zero-order valence-corrected chi connectivity index (χ0v) is 9.73. The number of ether oxygens (including phenoxy) is 1. The van der Waals surface area contributed by atoms with Crippen molar-refractivity contribution in [3.63, 3.8) is 0 Å². The van der Waals surface area contributed by atoms with Gasteiger partial charge in [-0.05, 0) is 18.1 Å². The van der Waals surface area contributed by atoms with E-state index < -0.39 is 0 Å². The van der Waals surface area contributed by atoms with Crippen LogP contribution in [0.1, 0.15) is 19.4 Å². The Hall–Kier alpha value is -1.60. The number of hydrogen-bond acceptors (Lipinski definition) is 4. The molecule has 1 rings (SSSR count). The van der Waals surface area contributed by atoms with E-state index in [-0.39, 0.29) is 0 Å². The molecule has 0 aliphatic heterocycles. The summed E-state index contributed by atoms with van der Waals surface area (Å²) in [5.41, 5.74) is 0.571. The van der Waals surface area contributed by atoms with Crippen LogP contribution in [0, 0.1) is 17.2 Å². The average molecular weight is 219 g/mol. The minimum absolute atomic E-state index is 0.563. The maximum atomic E-state index is 8.60. The number of hydrogen-bond donors (Lipinski definition) is 1. The molecule has 0 radical (unpaired) electrons. The summed E-state index contributed by atoms with van der Waals surface area (Å²) < 4.78 is 5.42. The van der Waals surface area contributed by atoms with Crippen LogP contribution >= 0.6 is 0 Å². The second-order valence-corrected chi connectivity index (χ2v) is 3.94. The van der Waals surface area contributed by atoms with Gasteiger partial charge in [-0.3, -0.25) is 0 Å². The Balaban J connectivity index is 2.20. The van der Waals surface area contributed by atoms with E-state index in [1.807, 2.05) is 6.07 Å². The van der Waals surface area contributed by atoms with Gasteiger partial charge < -0.3 is 10.1 Å². The van der Waals surface area contributed by atoms with Crippen molar-refractivity contribution in [1.82, 2.24) is 4.98 Å². The molecule has 0 aromatic carbocycles. The molecule has 0 saturated carbocycles. The summed E-state index contributed by atoms with van der Waals surface area (Å²) >= 11 is 0. The Labute approximate surface area is 96.3 Å². The molecule has 0 saturated heterocycles. The van der Waals surface area contributed by atoms with Gasteiger partial charge in [-0.15, -0.1) is 0 Å². The minimum Gasteiger partial charge on any atom is -0.379 e. The van der Waals surface area contributed by atoms with Crippen molar-refractivity contribution in [2.45, 2.75) is 13.8 Å². The molecule has 1 N–H and O–H groups in total. The Morgan fingerprint density at radius 1 is 1.50 bits per heavy atom. The highest BCUT2D eigenvalue weighted by molar-refractivity contribution is 5.38. The number of pyridine rings is 1. The smallest absolute Gasteiger partial charge is 0.126 e. The lowest BCUT2D eigenvalue weighted by molar-refractivity contribution is 0.118. The fourth-order valence-corrected chi connectivity index (χ4v) is 1.13. The first-order chi connectivity index (χ1) is 7.72. The first-order valence-electron chi connectivity index (χ1n) is 5.40. The van der Waals surface area contributed by atoms with Crippen LogP contribution in [0.4, 0.5) is 5.82 Å². The Bertz CT molecular complexity index is 340. The van der Waals surface area contributed by atoms with Gasteiger partial charge in [0.2, 0.25) is 0 Å². The fourth-order valence-electron chi connectivity index (χ4n) is 1.13. The van der Waals surface area contributed by atoms with Gasteiger partial charge >= 0.3 is 0 Å². The summed E-state index contributed by atoms with van der Waals surface area (Å²) in [6.07, 6.45) is 1.55. The van der Waals surface area contributed by atoms with E-state index in [0.717, 1.165) is 19.0 Å². The van der Waals surface area contributed by atoms with Crippen molar-refractivity contribution in [3.8, 4) is 6.07 Å². The molecule has 4 heteroatoms. The third-order valence-corrected chi connectivity index (χ3v) is 1.90. The van der Waals surface area contributed by atoms with Crippen molar-refractivity contribution in [1.29, 1.82) is 5.26 Å². The molecule has 1 heterocycles. The highest BCUT2D eigenvalue weighted by Crippen LogP contribution is 2.03. The maximum absolute atomic E-state index is 8.60. The van der Waals surface area contributed by atoms with Crippen LogP contribution in [0.25, 0.3) is 0 Å². The Morgan fingerprint density at radius 2 is 2.31 bits per heavy atom. The predicted molar refractivity (Wildman–Crippen MR) is 63.1 cm³/mol. The van der Waals surface area contributed by atoms with E-state index >= 15 is 0 Å². The zero-order chi connectivity index (χ0) is 11.8. The normalized spacial score (nSPS) is 10.1. The van der Waals surface area contributed by atoms with E-state index in [4.69, 9.17) is 10.00 Å². The quantitative estimate of drug-likeness (QED) is 0.744. The summed E-state index contributed by atoms with van der Waals surface area (Å²) in [7, 11) is 0.